The quantitative estimate of drug-likeness (QED) is 0.790. The summed E-state index contributed by atoms with van der Waals surface area (Å²) in [5, 5.41) is 8.05. The second kappa shape index (κ2) is 8.10. The topological polar surface area (TPSA) is 83.1 Å². The Morgan fingerprint density at radius 2 is 2.00 bits per heavy atom. The van der Waals surface area contributed by atoms with Gasteiger partial charge in [0.05, 0.1) is 24.5 Å². The van der Waals surface area contributed by atoms with Crippen LogP contribution in [0.25, 0.3) is 0 Å². The molecule has 2 aromatic rings. The predicted octanol–water partition coefficient (Wildman–Crippen LogP) is 2.70. The van der Waals surface area contributed by atoms with Crippen molar-refractivity contribution in [2.24, 2.45) is 0 Å². The molecule has 0 saturated heterocycles. The standard InChI is InChI=1S/C18H22N4O2/c1-12-6-7-13(2)16(9-12)14(3)21-18(24)20-11-17(23)22-15-5-4-8-19-10-15/h4-10,14H,11H2,1-3H3,(H,22,23)(H2,20,21,24). The number of hydrogen-bond donors (Lipinski definition) is 3. The summed E-state index contributed by atoms with van der Waals surface area (Å²) >= 11 is 0. The van der Waals surface area contributed by atoms with E-state index in [0.717, 1.165) is 16.7 Å². The van der Waals surface area contributed by atoms with Gasteiger partial charge in [0.1, 0.15) is 0 Å². The van der Waals surface area contributed by atoms with Crippen molar-refractivity contribution in [1.82, 2.24) is 15.6 Å². The van der Waals surface area contributed by atoms with E-state index < -0.39 is 0 Å². The minimum Gasteiger partial charge on any atom is -0.332 e. The highest BCUT2D eigenvalue weighted by Crippen LogP contribution is 2.18. The molecule has 24 heavy (non-hydrogen) atoms. The molecule has 126 valence electrons. The van der Waals surface area contributed by atoms with Crippen molar-refractivity contribution in [3.05, 3.63) is 59.4 Å². The third-order valence-electron chi connectivity index (χ3n) is 3.60. The second-order valence-corrected chi connectivity index (χ2v) is 5.70. The van der Waals surface area contributed by atoms with Crippen LogP contribution >= 0.6 is 0 Å². The number of nitrogens with zero attached hydrogens (tertiary/aromatic N) is 1. The van der Waals surface area contributed by atoms with Crippen LogP contribution in [0.3, 0.4) is 0 Å². The van der Waals surface area contributed by atoms with Gasteiger partial charge in [-0.1, -0.05) is 23.8 Å². The molecule has 0 spiro atoms. The van der Waals surface area contributed by atoms with Crippen LogP contribution in [0.15, 0.2) is 42.7 Å². The molecule has 0 fully saturated rings. The lowest BCUT2D eigenvalue weighted by molar-refractivity contribution is -0.115. The first-order valence-corrected chi connectivity index (χ1v) is 7.77. The van der Waals surface area contributed by atoms with E-state index in [2.05, 4.69) is 27.0 Å². The Balaban J connectivity index is 1.82. The van der Waals surface area contributed by atoms with E-state index in [-0.39, 0.29) is 24.5 Å². The molecule has 1 atom stereocenters. The number of benzene rings is 1. The van der Waals surface area contributed by atoms with Gasteiger partial charge in [0.2, 0.25) is 5.91 Å². The van der Waals surface area contributed by atoms with E-state index in [9.17, 15) is 9.59 Å². The van der Waals surface area contributed by atoms with Crippen molar-refractivity contribution >= 4 is 17.6 Å². The fourth-order valence-electron chi connectivity index (χ4n) is 2.35. The van der Waals surface area contributed by atoms with Gasteiger partial charge in [0, 0.05) is 6.20 Å². The van der Waals surface area contributed by atoms with Gasteiger partial charge in [0.25, 0.3) is 0 Å². The maximum Gasteiger partial charge on any atom is 0.315 e. The Labute approximate surface area is 141 Å². The van der Waals surface area contributed by atoms with Crippen LogP contribution in [-0.4, -0.2) is 23.5 Å². The molecule has 3 N–H and O–H groups in total. The maximum absolute atomic E-state index is 12.0. The molecule has 0 aliphatic heterocycles. The number of pyridine rings is 1. The summed E-state index contributed by atoms with van der Waals surface area (Å²) in [7, 11) is 0. The highest BCUT2D eigenvalue weighted by molar-refractivity contribution is 5.94. The van der Waals surface area contributed by atoms with Crippen molar-refractivity contribution in [3.8, 4) is 0 Å². The van der Waals surface area contributed by atoms with Gasteiger partial charge in [-0.25, -0.2) is 4.79 Å². The van der Waals surface area contributed by atoms with Crippen LogP contribution in [0.1, 0.15) is 29.7 Å². The van der Waals surface area contributed by atoms with Crippen LogP contribution in [0.4, 0.5) is 10.5 Å². The summed E-state index contributed by atoms with van der Waals surface area (Å²) in [6.45, 7) is 5.82. The Hall–Kier alpha value is -2.89. The van der Waals surface area contributed by atoms with Gasteiger partial charge in [-0.3, -0.25) is 9.78 Å². The zero-order valence-corrected chi connectivity index (χ0v) is 14.1. The van der Waals surface area contributed by atoms with Crippen LogP contribution in [0.5, 0.6) is 0 Å². The highest BCUT2D eigenvalue weighted by Gasteiger charge is 2.12. The third-order valence-corrected chi connectivity index (χ3v) is 3.60. The number of amides is 3. The summed E-state index contributed by atoms with van der Waals surface area (Å²) in [6.07, 6.45) is 3.16. The van der Waals surface area contributed by atoms with Crippen molar-refractivity contribution in [2.45, 2.75) is 26.8 Å². The molecule has 0 saturated carbocycles. The van der Waals surface area contributed by atoms with Gasteiger partial charge >= 0.3 is 6.03 Å². The molecule has 6 nitrogen and oxygen atoms in total. The predicted molar refractivity (Wildman–Crippen MR) is 93.7 cm³/mol. The molecule has 1 aromatic heterocycles. The monoisotopic (exact) mass is 326 g/mol. The highest BCUT2D eigenvalue weighted by atomic mass is 16.2. The van der Waals surface area contributed by atoms with Crippen LogP contribution in [0, 0.1) is 13.8 Å². The molecule has 3 amide bonds. The van der Waals surface area contributed by atoms with Gasteiger partial charge in [0.15, 0.2) is 0 Å². The van der Waals surface area contributed by atoms with E-state index >= 15 is 0 Å². The Bertz CT molecular complexity index is 716. The van der Waals surface area contributed by atoms with E-state index in [4.69, 9.17) is 0 Å². The number of carbonyl (C=O) groups is 2. The van der Waals surface area contributed by atoms with Gasteiger partial charge in [-0.15, -0.1) is 0 Å². The number of rotatable bonds is 5. The first kappa shape index (κ1) is 17.5. The summed E-state index contributed by atoms with van der Waals surface area (Å²) in [6, 6.07) is 9.04. The summed E-state index contributed by atoms with van der Waals surface area (Å²) in [5.41, 5.74) is 3.90. The fourth-order valence-corrected chi connectivity index (χ4v) is 2.35. The summed E-state index contributed by atoms with van der Waals surface area (Å²) in [4.78, 5) is 27.7. The average Bonchev–Trinajstić information content (AvgIpc) is 2.56. The van der Waals surface area contributed by atoms with Crippen LogP contribution in [-0.2, 0) is 4.79 Å². The zero-order chi connectivity index (χ0) is 17.5. The smallest absolute Gasteiger partial charge is 0.315 e. The molecule has 0 radical (unpaired) electrons. The van der Waals surface area contributed by atoms with Crippen molar-refractivity contribution in [1.29, 1.82) is 0 Å². The van der Waals surface area contributed by atoms with E-state index in [1.165, 1.54) is 0 Å². The summed E-state index contributed by atoms with van der Waals surface area (Å²) in [5.74, 6) is -0.308. The lowest BCUT2D eigenvalue weighted by Crippen LogP contribution is -2.41. The number of aryl methyl sites for hydroxylation is 2. The largest absolute Gasteiger partial charge is 0.332 e. The number of aromatic nitrogens is 1. The Kier molecular flexibility index (Phi) is 5.89. The molecule has 2 rings (SSSR count). The molecular weight excluding hydrogens is 304 g/mol. The third kappa shape index (κ3) is 5.08. The molecule has 0 aliphatic rings. The first-order valence-electron chi connectivity index (χ1n) is 7.77. The number of hydrogen-bond acceptors (Lipinski definition) is 3. The lowest BCUT2D eigenvalue weighted by Gasteiger charge is -2.17. The summed E-state index contributed by atoms with van der Waals surface area (Å²) < 4.78 is 0. The minimum atomic E-state index is -0.384. The van der Waals surface area contributed by atoms with Crippen molar-refractivity contribution in [2.75, 3.05) is 11.9 Å². The van der Waals surface area contributed by atoms with Gasteiger partial charge < -0.3 is 16.0 Å². The van der Waals surface area contributed by atoms with E-state index in [1.54, 1.807) is 24.5 Å². The van der Waals surface area contributed by atoms with Gasteiger partial charge in [-0.05, 0) is 44.0 Å². The van der Waals surface area contributed by atoms with Crippen molar-refractivity contribution < 1.29 is 9.59 Å². The van der Waals surface area contributed by atoms with E-state index in [0.29, 0.717) is 5.69 Å². The molecule has 1 heterocycles. The average molecular weight is 326 g/mol. The molecule has 6 heteroatoms. The number of carbonyl (C=O) groups excluding carboxylic acids is 2. The lowest BCUT2D eigenvalue weighted by atomic mass is 10.0. The molecule has 0 aliphatic carbocycles. The molecule has 1 unspecified atom stereocenters. The second-order valence-electron chi connectivity index (χ2n) is 5.70. The zero-order valence-electron chi connectivity index (χ0n) is 14.1. The number of anilines is 1. The van der Waals surface area contributed by atoms with Crippen LogP contribution in [0.2, 0.25) is 0 Å². The fraction of sp³-hybridized carbons (Fsp3) is 0.278. The normalized spacial score (nSPS) is 11.5. The molecule has 0 bridgehead atoms. The van der Waals surface area contributed by atoms with Crippen LogP contribution < -0.4 is 16.0 Å². The van der Waals surface area contributed by atoms with E-state index in [1.807, 2.05) is 32.9 Å². The Morgan fingerprint density at radius 3 is 2.71 bits per heavy atom. The molecular formula is C18H22N4O2. The number of urea groups is 1. The van der Waals surface area contributed by atoms with Gasteiger partial charge in [-0.2, -0.15) is 0 Å². The Morgan fingerprint density at radius 1 is 1.21 bits per heavy atom. The minimum absolute atomic E-state index is 0.111. The maximum atomic E-state index is 12.0. The SMILES string of the molecule is Cc1ccc(C)c(C(C)NC(=O)NCC(=O)Nc2cccnc2)c1. The molecule has 1 aromatic carbocycles. The van der Waals surface area contributed by atoms with Crippen molar-refractivity contribution in [3.63, 3.8) is 0 Å². The number of nitrogens with one attached hydrogen (secondary N) is 3. The first-order chi connectivity index (χ1) is 11.5.